The Morgan fingerprint density at radius 1 is 0.658 bits per heavy atom. The summed E-state index contributed by atoms with van der Waals surface area (Å²) in [7, 11) is 0. The zero-order valence-electron chi connectivity index (χ0n) is 22.4. The zero-order chi connectivity index (χ0) is 25.2. The van der Waals surface area contributed by atoms with Crippen LogP contribution in [0.2, 0.25) is 0 Å². The van der Waals surface area contributed by atoms with Gasteiger partial charge < -0.3 is 4.57 Å². The second-order valence-electron chi connectivity index (χ2n) is 10.6. The van der Waals surface area contributed by atoms with Crippen molar-refractivity contribution in [2.45, 2.75) is 45.7 Å². The smallest absolute Gasteiger partial charge is 0.0540 e. The van der Waals surface area contributed by atoms with Gasteiger partial charge in [-0.1, -0.05) is 97.1 Å². The molecule has 1 aromatic heterocycles. The standard InChI is InChI=1S/C35H36N2.ClH/c1-26-12-11-13-27(2)34(26)29-20-22-36(23-21-29)25-32-31-18-9-10-19-33(31)37(24-28-14-5-3-6-15-28)35(32)30-16-7-4-8-17-30;/h3-19,29H,20-25H2,1-2H3;1H. The number of nitrogens with zero attached hydrogens (tertiary/aromatic N) is 2. The van der Waals surface area contributed by atoms with Crippen molar-refractivity contribution in [3.8, 4) is 11.3 Å². The average Bonchev–Trinajstić information content (AvgIpc) is 3.23. The molecule has 0 saturated carbocycles. The Labute approximate surface area is 233 Å². The number of halogens is 1. The highest BCUT2D eigenvalue weighted by atomic mass is 35.5. The maximum atomic E-state index is 2.69. The fourth-order valence-electron chi connectivity index (χ4n) is 6.47. The Hall–Kier alpha value is -3.33. The van der Waals surface area contributed by atoms with E-state index < -0.39 is 0 Å². The first-order valence-electron chi connectivity index (χ1n) is 13.7. The van der Waals surface area contributed by atoms with Gasteiger partial charge in [0.2, 0.25) is 0 Å². The molecular weight excluding hydrogens is 484 g/mol. The summed E-state index contributed by atoms with van der Waals surface area (Å²) in [6, 6.07) is 37.6. The van der Waals surface area contributed by atoms with Crippen LogP contribution in [0.15, 0.2) is 103 Å². The number of likely N-dealkylation sites (tertiary alicyclic amines) is 1. The van der Waals surface area contributed by atoms with Crippen molar-refractivity contribution in [3.05, 3.63) is 131 Å². The molecule has 2 heterocycles. The summed E-state index contributed by atoms with van der Waals surface area (Å²) in [4.78, 5) is 2.69. The van der Waals surface area contributed by atoms with Gasteiger partial charge in [0.1, 0.15) is 0 Å². The van der Waals surface area contributed by atoms with Crippen molar-refractivity contribution in [1.82, 2.24) is 9.47 Å². The van der Waals surface area contributed by atoms with Crippen LogP contribution < -0.4 is 0 Å². The second kappa shape index (κ2) is 11.6. The largest absolute Gasteiger partial charge is 0.336 e. The molecular formula is C35H37ClN2. The van der Waals surface area contributed by atoms with Gasteiger partial charge in [-0.3, -0.25) is 4.90 Å². The van der Waals surface area contributed by atoms with E-state index in [0.717, 1.165) is 26.2 Å². The predicted octanol–water partition coefficient (Wildman–Crippen LogP) is 8.77. The minimum absolute atomic E-state index is 0. The Bertz CT molecular complexity index is 1480. The van der Waals surface area contributed by atoms with Crippen LogP contribution in [-0.2, 0) is 13.1 Å². The van der Waals surface area contributed by atoms with Crippen molar-refractivity contribution in [2.24, 2.45) is 0 Å². The lowest BCUT2D eigenvalue weighted by Gasteiger charge is -2.33. The molecule has 2 nitrogen and oxygen atoms in total. The van der Waals surface area contributed by atoms with Gasteiger partial charge >= 0.3 is 0 Å². The molecule has 3 heteroatoms. The van der Waals surface area contributed by atoms with Crippen LogP contribution in [-0.4, -0.2) is 22.6 Å². The number of fused-ring (bicyclic) bond motifs is 1. The summed E-state index contributed by atoms with van der Waals surface area (Å²) in [5, 5.41) is 1.38. The highest BCUT2D eigenvalue weighted by molar-refractivity contribution is 5.92. The van der Waals surface area contributed by atoms with E-state index in [4.69, 9.17) is 0 Å². The van der Waals surface area contributed by atoms with E-state index in [0.29, 0.717) is 5.92 Å². The molecule has 1 fully saturated rings. The summed E-state index contributed by atoms with van der Waals surface area (Å²) < 4.78 is 2.54. The molecule has 0 aliphatic carbocycles. The SMILES string of the molecule is Cc1cccc(C)c1C1CCN(Cc2c(-c3ccccc3)n(Cc3ccccc3)c3ccccc23)CC1.Cl. The lowest BCUT2D eigenvalue weighted by atomic mass is 9.84. The maximum Gasteiger partial charge on any atom is 0.0540 e. The molecule has 0 bridgehead atoms. The topological polar surface area (TPSA) is 8.17 Å². The third-order valence-electron chi connectivity index (χ3n) is 8.23. The van der Waals surface area contributed by atoms with Crippen LogP contribution >= 0.6 is 12.4 Å². The number of benzene rings is 4. The molecule has 0 radical (unpaired) electrons. The number of piperidine rings is 1. The summed E-state index contributed by atoms with van der Waals surface area (Å²) >= 11 is 0. The Kier molecular flexibility index (Phi) is 8.02. The van der Waals surface area contributed by atoms with Crippen molar-refractivity contribution >= 4 is 23.3 Å². The third kappa shape index (κ3) is 5.16. The minimum Gasteiger partial charge on any atom is -0.336 e. The third-order valence-corrected chi connectivity index (χ3v) is 8.23. The van der Waals surface area contributed by atoms with E-state index in [9.17, 15) is 0 Å². The Balaban J connectivity index is 0.00000294. The van der Waals surface area contributed by atoms with Crippen LogP contribution in [0.3, 0.4) is 0 Å². The van der Waals surface area contributed by atoms with Gasteiger partial charge in [0.25, 0.3) is 0 Å². The van der Waals surface area contributed by atoms with Crippen LogP contribution in [0, 0.1) is 13.8 Å². The highest BCUT2D eigenvalue weighted by Crippen LogP contribution is 2.38. The molecule has 4 aromatic carbocycles. The van der Waals surface area contributed by atoms with Crippen LogP contribution in [0.5, 0.6) is 0 Å². The number of aromatic nitrogens is 1. The average molecular weight is 521 g/mol. The number of hydrogen-bond donors (Lipinski definition) is 0. The molecule has 0 unspecified atom stereocenters. The molecule has 194 valence electrons. The van der Waals surface area contributed by atoms with Gasteiger partial charge in [-0.2, -0.15) is 0 Å². The Morgan fingerprint density at radius 3 is 1.95 bits per heavy atom. The molecule has 1 aliphatic heterocycles. The predicted molar refractivity (Wildman–Crippen MR) is 163 cm³/mol. The molecule has 0 amide bonds. The van der Waals surface area contributed by atoms with Gasteiger partial charge in [0, 0.05) is 24.0 Å². The molecule has 0 atom stereocenters. The molecule has 0 spiro atoms. The molecule has 1 aliphatic rings. The van der Waals surface area contributed by atoms with Crippen LogP contribution in [0.4, 0.5) is 0 Å². The molecule has 1 saturated heterocycles. The summed E-state index contributed by atoms with van der Waals surface area (Å²) in [6.45, 7) is 8.72. The number of hydrogen-bond acceptors (Lipinski definition) is 1. The van der Waals surface area contributed by atoms with Gasteiger partial charge in [-0.05, 0) is 85.1 Å². The monoisotopic (exact) mass is 520 g/mol. The second-order valence-corrected chi connectivity index (χ2v) is 10.6. The lowest BCUT2D eigenvalue weighted by molar-refractivity contribution is 0.205. The first-order chi connectivity index (χ1) is 18.2. The fraction of sp³-hybridized carbons (Fsp3) is 0.257. The van der Waals surface area contributed by atoms with E-state index >= 15 is 0 Å². The first kappa shape index (κ1) is 26.3. The van der Waals surface area contributed by atoms with Gasteiger partial charge in [0.15, 0.2) is 0 Å². The summed E-state index contributed by atoms with van der Waals surface area (Å²) in [5.74, 6) is 0.672. The van der Waals surface area contributed by atoms with Crippen molar-refractivity contribution in [3.63, 3.8) is 0 Å². The molecule has 38 heavy (non-hydrogen) atoms. The zero-order valence-corrected chi connectivity index (χ0v) is 23.3. The van der Waals surface area contributed by atoms with Crippen molar-refractivity contribution in [2.75, 3.05) is 13.1 Å². The molecule has 0 N–H and O–H groups in total. The number of rotatable bonds is 6. The quantitative estimate of drug-likeness (QED) is 0.217. The Morgan fingerprint density at radius 2 is 1.26 bits per heavy atom. The molecule has 6 rings (SSSR count). The molecule has 5 aromatic rings. The van der Waals surface area contributed by atoms with E-state index in [2.05, 4.69) is 126 Å². The maximum absolute atomic E-state index is 2.69. The lowest BCUT2D eigenvalue weighted by Crippen LogP contribution is -2.33. The van der Waals surface area contributed by atoms with Gasteiger partial charge in [0.05, 0.1) is 5.69 Å². The summed E-state index contributed by atoms with van der Waals surface area (Å²) in [5.41, 5.74) is 11.3. The van der Waals surface area contributed by atoms with Crippen LogP contribution in [0.1, 0.15) is 46.6 Å². The van der Waals surface area contributed by atoms with E-state index in [1.807, 2.05) is 0 Å². The van der Waals surface area contributed by atoms with Crippen molar-refractivity contribution < 1.29 is 0 Å². The van der Waals surface area contributed by atoms with Crippen LogP contribution in [0.25, 0.3) is 22.2 Å². The number of para-hydroxylation sites is 1. The van der Waals surface area contributed by atoms with Crippen molar-refractivity contribution in [1.29, 1.82) is 0 Å². The number of aryl methyl sites for hydroxylation is 2. The fourth-order valence-corrected chi connectivity index (χ4v) is 6.47. The van der Waals surface area contributed by atoms with E-state index in [1.165, 1.54) is 57.3 Å². The van der Waals surface area contributed by atoms with Gasteiger partial charge in [-0.15, -0.1) is 12.4 Å². The summed E-state index contributed by atoms with van der Waals surface area (Å²) in [6.07, 6.45) is 2.46. The van der Waals surface area contributed by atoms with E-state index in [-0.39, 0.29) is 12.4 Å². The van der Waals surface area contributed by atoms with Gasteiger partial charge in [-0.25, -0.2) is 0 Å². The first-order valence-corrected chi connectivity index (χ1v) is 13.7. The highest BCUT2D eigenvalue weighted by Gasteiger charge is 2.26. The van der Waals surface area contributed by atoms with E-state index in [1.54, 1.807) is 5.56 Å². The normalized spacial score (nSPS) is 14.5. The minimum atomic E-state index is 0.